The molecule has 2 aromatic rings. The van der Waals surface area contributed by atoms with Crippen LogP contribution in [-0.2, 0) is 0 Å². The third-order valence-corrected chi connectivity index (χ3v) is 4.40. The van der Waals surface area contributed by atoms with Crippen LogP contribution < -0.4 is 10.6 Å². The minimum absolute atomic E-state index is 0.0519. The third kappa shape index (κ3) is 3.87. The Kier molecular flexibility index (Phi) is 5.03. The molecule has 1 heterocycles. The highest BCUT2D eigenvalue weighted by Crippen LogP contribution is 2.46. The monoisotopic (exact) mass is 368 g/mol. The van der Waals surface area contributed by atoms with Crippen molar-refractivity contribution in [2.24, 2.45) is 0 Å². The normalized spacial score (nSPS) is 17.7. The number of carbonyl (C=O) groups excluding carboxylic acids is 2. The Morgan fingerprint density at radius 3 is 2.78 bits per heavy atom. The summed E-state index contributed by atoms with van der Waals surface area (Å²) in [4.78, 5) is 27.8. The molecule has 8 heteroatoms. The first-order chi connectivity index (χ1) is 12.9. The number of nitriles is 1. The maximum absolute atomic E-state index is 14.2. The number of ketones is 1. The summed E-state index contributed by atoms with van der Waals surface area (Å²) in [6.45, 7) is 1.66. The molecule has 0 radical (unpaired) electrons. The van der Waals surface area contributed by atoms with Crippen LogP contribution in [0.25, 0.3) is 0 Å². The number of urea groups is 1. The molecular formula is C19H17FN4O3. The Morgan fingerprint density at radius 2 is 2.15 bits per heavy atom. The Morgan fingerprint density at radius 1 is 1.37 bits per heavy atom. The van der Waals surface area contributed by atoms with Crippen molar-refractivity contribution in [2.75, 3.05) is 5.32 Å². The number of Topliss-reactive ketones (excluding diaryl/α,β-unsaturated/α-hetero) is 1. The first kappa shape index (κ1) is 18.3. The molecule has 7 nitrogen and oxygen atoms in total. The van der Waals surface area contributed by atoms with Crippen LogP contribution in [0.1, 0.15) is 47.2 Å². The highest BCUT2D eigenvalue weighted by molar-refractivity contribution is 5.99. The lowest BCUT2D eigenvalue weighted by atomic mass is 10.00. The first-order valence-electron chi connectivity index (χ1n) is 8.42. The number of benzene rings is 1. The Bertz CT molecular complexity index is 937. The van der Waals surface area contributed by atoms with E-state index in [1.54, 1.807) is 6.92 Å². The summed E-state index contributed by atoms with van der Waals surface area (Å²) in [5, 5.41) is 24.2. The number of nitrogens with one attached hydrogen (secondary N) is 2. The van der Waals surface area contributed by atoms with Crippen molar-refractivity contribution in [3.8, 4) is 11.8 Å². The molecular weight excluding hydrogens is 351 g/mol. The van der Waals surface area contributed by atoms with E-state index in [-0.39, 0.29) is 40.9 Å². The van der Waals surface area contributed by atoms with Gasteiger partial charge in [0.25, 0.3) is 0 Å². The van der Waals surface area contributed by atoms with Gasteiger partial charge < -0.3 is 10.4 Å². The predicted molar refractivity (Wildman–Crippen MR) is 94.9 cm³/mol. The highest BCUT2D eigenvalue weighted by Gasteiger charge is 2.43. The zero-order valence-electron chi connectivity index (χ0n) is 14.5. The van der Waals surface area contributed by atoms with E-state index in [2.05, 4.69) is 15.6 Å². The molecule has 1 saturated carbocycles. The molecule has 3 rings (SSSR count). The second-order valence-corrected chi connectivity index (χ2v) is 6.23. The maximum atomic E-state index is 14.2. The molecule has 0 aliphatic heterocycles. The molecule has 1 aromatic carbocycles. The van der Waals surface area contributed by atoms with Gasteiger partial charge in [0.1, 0.15) is 23.5 Å². The number of aromatic hydroxyl groups is 1. The van der Waals surface area contributed by atoms with Gasteiger partial charge in [0.2, 0.25) is 0 Å². The second-order valence-electron chi connectivity index (χ2n) is 6.23. The van der Waals surface area contributed by atoms with Gasteiger partial charge in [-0.3, -0.25) is 10.1 Å². The van der Waals surface area contributed by atoms with Gasteiger partial charge >= 0.3 is 6.03 Å². The lowest BCUT2D eigenvalue weighted by molar-refractivity contribution is 0.0985. The summed E-state index contributed by atoms with van der Waals surface area (Å²) in [6.07, 6.45) is 1.98. The summed E-state index contributed by atoms with van der Waals surface area (Å²) in [7, 11) is 0. The minimum Gasteiger partial charge on any atom is -0.507 e. The van der Waals surface area contributed by atoms with E-state index in [0.717, 1.165) is 6.07 Å². The van der Waals surface area contributed by atoms with E-state index in [1.807, 2.05) is 6.07 Å². The number of hydrogen-bond acceptors (Lipinski definition) is 5. The number of rotatable bonds is 5. The summed E-state index contributed by atoms with van der Waals surface area (Å²) in [5.74, 6) is -1.37. The smallest absolute Gasteiger partial charge is 0.320 e. The topological polar surface area (TPSA) is 115 Å². The molecule has 1 aromatic heterocycles. The van der Waals surface area contributed by atoms with Crippen molar-refractivity contribution in [3.63, 3.8) is 0 Å². The second kappa shape index (κ2) is 7.41. The van der Waals surface area contributed by atoms with Gasteiger partial charge in [-0.1, -0.05) is 6.92 Å². The summed E-state index contributed by atoms with van der Waals surface area (Å²) in [6, 6.07) is 6.48. The zero-order chi connectivity index (χ0) is 19.6. The van der Waals surface area contributed by atoms with Crippen LogP contribution in [0.4, 0.5) is 15.0 Å². The van der Waals surface area contributed by atoms with Crippen molar-refractivity contribution >= 4 is 17.6 Å². The van der Waals surface area contributed by atoms with E-state index >= 15 is 0 Å². The lowest BCUT2D eigenvalue weighted by Crippen LogP contribution is -2.31. The molecule has 2 amide bonds. The average molecular weight is 368 g/mol. The first-order valence-corrected chi connectivity index (χ1v) is 8.42. The van der Waals surface area contributed by atoms with Gasteiger partial charge in [0.05, 0.1) is 11.1 Å². The van der Waals surface area contributed by atoms with Gasteiger partial charge in [0.15, 0.2) is 5.78 Å². The van der Waals surface area contributed by atoms with Crippen LogP contribution in [-0.4, -0.2) is 27.9 Å². The van der Waals surface area contributed by atoms with E-state index in [1.165, 1.54) is 24.4 Å². The number of aromatic nitrogens is 1. The van der Waals surface area contributed by atoms with Crippen LogP contribution in [0.15, 0.2) is 30.5 Å². The molecule has 1 aliphatic carbocycles. The Labute approximate surface area is 154 Å². The number of anilines is 1. The Hall–Kier alpha value is -3.47. The molecule has 0 bridgehead atoms. The quantitative estimate of drug-likeness (QED) is 0.702. The standard InChI is InChI=1S/C19H17FN4O3/c1-2-15(25)11-4-5-13(20)17(18(11)26)12-7-14(12)23-19(27)24-16-6-3-10(8-21)9-22-16/h3-6,9,12,14,26H,2,7H2,1H3,(H2,22,23,24,27)/t12-,14+/m0/s1. The van der Waals surface area contributed by atoms with Crippen LogP contribution in [0.5, 0.6) is 5.75 Å². The minimum atomic E-state index is -0.608. The Balaban J connectivity index is 1.66. The molecule has 0 unspecified atom stereocenters. The van der Waals surface area contributed by atoms with Gasteiger partial charge in [-0.2, -0.15) is 5.26 Å². The molecule has 138 valence electrons. The fourth-order valence-corrected chi connectivity index (χ4v) is 2.88. The number of phenolic OH excluding ortho intramolecular Hbond substituents is 1. The molecule has 1 aliphatic rings. The largest absolute Gasteiger partial charge is 0.507 e. The van der Waals surface area contributed by atoms with Crippen LogP contribution in [0.3, 0.4) is 0 Å². The average Bonchev–Trinajstić information content (AvgIpc) is 3.40. The molecule has 27 heavy (non-hydrogen) atoms. The zero-order valence-corrected chi connectivity index (χ0v) is 14.5. The number of hydrogen-bond donors (Lipinski definition) is 3. The van der Waals surface area contributed by atoms with Crippen molar-refractivity contribution in [2.45, 2.75) is 31.7 Å². The molecule has 3 N–H and O–H groups in total. The van der Waals surface area contributed by atoms with Gasteiger partial charge in [-0.05, 0) is 30.7 Å². The maximum Gasteiger partial charge on any atom is 0.320 e. The number of nitrogens with zero attached hydrogens (tertiary/aromatic N) is 2. The molecule has 0 spiro atoms. The number of carbonyl (C=O) groups is 2. The van der Waals surface area contributed by atoms with Crippen molar-refractivity contribution in [1.29, 1.82) is 5.26 Å². The van der Waals surface area contributed by atoms with Crippen molar-refractivity contribution in [1.82, 2.24) is 10.3 Å². The van der Waals surface area contributed by atoms with Crippen LogP contribution >= 0.6 is 0 Å². The van der Waals surface area contributed by atoms with E-state index in [4.69, 9.17) is 5.26 Å². The van der Waals surface area contributed by atoms with Crippen molar-refractivity contribution in [3.05, 3.63) is 53.0 Å². The fraction of sp³-hybridized carbons (Fsp3) is 0.263. The van der Waals surface area contributed by atoms with E-state index in [0.29, 0.717) is 12.0 Å². The fourth-order valence-electron chi connectivity index (χ4n) is 2.88. The van der Waals surface area contributed by atoms with E-state index < -0.39 is 17.8 Å². The molecule has 0 saturated heterocycles. The van der Waals surface area contributed by atoms with Gasteiger partial charge in [-0.15, -0.1) is 0 Å². The highest BCUT2D eigenvalue weighted by atomic mass is 19.1. The lowest BCUT2D eigenvalue weighted by Gasteiger charge is -2.11. The van der Waals surface area contributed by atoms with Crippen LogP contribution in [0, 0.1) is 17.1 Å². The molecule has 2 atom stereocenters. The van der Waals surface area contributed by atoms with E-state index in [9.17, 15) is 19.1 Å². The number of phenols is 1. The number of amides is 2. The SMILES string of the molecule is CCC(=O)c1ccc(F)c([C@H]2C[C@H]2NC(=O)Nc2ccc(C#N)cn2)c1O. The number of pyridine rings is 1. The number of halogens is 1. The summed E-state index contributed by atoms with van der Waals surface area (Å²) < 4.78 is 14.2. The molecule has 1 fully saturated rings. The van der Waals surface area contributed by atoms with Crippen molar-refractivity contribution < 1.29 is 19.1 Å². The third-order valence-electron chi connectivity index (χ3n) is 4.40. The van der Waals surface area contributed by atoms with Gasteiger partial charge in [-0.25, -0.2) is 14.2 Å². The summed E-state index contributed by atoms with van der Waals surface area (Å²) >= 11 is 0. The van der Waals surface area contributed by atoms with Gasteiger partial charge in [0, 0.05) is 30.1 Å². The summed E-state index contributed by atoms with van der Waals surface area (Å²) in [5.41, 5.74) is 0.512. The van der Waals surface area contributed by atoms with Crippen LogP contribution in [0.2, 0.25) is 0 Å². The predicted octanol–water partition coefficient (Wildman–Crippen LogP) is 3.07.